The summed E-state index contributed by atoms with van der Waals surface area (Å²) in [4.78, 5) is 17.3. The van der Waals surface area contributed by atoms with Gasteiger partial charge in [0.25, 0.3) is 0 Å². The van der Waals surface area contributed by atoms with Crippen LogP contribution >= 0.6 is 0 Å². The van der Waals surface area contributed by atoms with Crippen LogP contribution in [0.25, 0.3) is 0 Å². The zero-order valence-electron chi connectivity index (χ0n) is 12.4. The van der Waals surface area contributed by atoms with E-state index in [2.05, 4.69) is 36.1 Å². The van der Waals surface area contributed by atoms with Gasteiger partial charge in [0.05, 0.1) is 17.4 Å². The molecule has 6 nitrogen and oxygen atoms in total. The molecule has 0 amide bonds. The third kappa shape index (κ3) is 5.05. The van der Waals surface area contributed by atoms with Gasteiger partial charge in [-0.2, -0.15) is 0 Å². The van der Waals surface area contributed by atoms with E-state index in [0.717, 1.165) is 25.9 Å². The van der Waals surface area contributed by atoms with E-state index in [1.807, 2.05) is 0 Å². The highest BCUT2D eigenvalue weighted by Gasteiger charge is 2.09. The number of nitrogens with two attached hydrogens (primary N) is 1. The van der Waals surface area contributed by atoms with E-state index < -0.39 is 5.97 Å². The van der Waals surface area contributed by atoms with Crippen LogP contribution in [0.4, 0.5) is 11.5 Å². The van der Waals surface area contributed by atoms with E-state index in [-0.39, 0.29) is 11.3 Å². The van der Waals surface area contributed by atoms with Gasteiger partial charge in [0.2, 0.25) is 0 Å². The molecule has 0 saturated carbocycles. The highest BCUT2D eigenvalue weighted by atomic mass is 16.4. The molecule has 1 rings (SSSR count). The first-order chi connectivity index (χ1) is 9.41. The lowest BCUT2D eigenvalue weighted by Gasteiger charge is -2.20. The lowest BCUT2D eigenvalue weighted by molar-refractivity contribution is 0.0698. The topological polar surface area (TPSA) is 91.5 Å². The Kier molecular flexibility index (Phi) is 6.24. The van der Waals surface area contributed by atoms with E-state index in [1.165, 1.54) is 12.3 Å². The minimum atomic E-state index is -1.04. The molecule has 6 heteroatoms. The Morgan fingerprint density at radius 1 is 1.50 bits per heavy atom. The number of pyridine rings is 1. The van der Waals surface area contributed by atoms with Crippen LogP contribution in [0.2, 0.25) is 0 Å². The van der Waals surface area contributed by atoms with Crippen molar-refractivity contribution in [3.8, 4) is 0 Å². The van der Waals surface area contributed by atoms with Crippen molar-refractivity contribution < 1.29 is 9.90 Å². The maximum Gasteiger partial charge on any atom is 0.337 e. The minimum Gasteiger partial charge on any atom is -0.478 e. The van der Waals surface area contributed by atoms with Crippen LogP contribution < -0.4 is 11.1 Å². The lowest BCUT2D eigenvalue weighted by atomic mass is 10.2. The van der Waals surface area contributed by atoms with E-state index in [1.54, 1.807) is 0 Å². The smallest absolute Gasteiger partial charge is 0.337 e. The van der Waals surface area contributed by atoms with Gasteiger partial charge in [-0.3, -0.25) is 0 Å². The average Bonchev–Trinajstić information content (AvgIpc) is 2.39. The van der Waals surface area contributed by atoms with E-state index in [4.69, 9.17) is 10.8 Å². The summed E-state index contributed by atoms with van der Waals surface area (Å²) in [5, 5.41) is 12.1. The molecular formula is C14H24N4O2. The number of aromatic carboxylic acids is 1. The summed E-state index contributed by atoms with van der Waals surface area (Å²) >= 11 is 0. The molecule has 0 radical (unpaired) electrons. The van der Waals surface area contributed by atoms with Gasteiger partial charge < -0.3 is 21.1 Å². The summed E-state index contributed by atoms with van der Waals surface area (Å²) in [6.07, 6.45) is 3.46. The molecule has 1 heterocycles. The van der Waals surface area contributed by atoms with Gasteiger partial charge in [-0.15, -0.1) is 0 Å². The Hall–Kier alpha value is -1.82. The predicted octanol–water partition coefficient (Wildman–Crippen LogP) is 1.89. The second-order valence-electron chi connectivity index (χ2n) is 5.17. The van der Waals surface area contributed by atoms with Gasteiger partial charge in [0.1, 0.15) is 5.82 Å². The first-order valence-electron chi connectivity index (χ1n) is 6.84. The van der Waals surface area contributed by atoms with Crippen LogP contribution in [0.3, 0.4) is 0 Å². The van der Waals surface area contributed by atoms with Crippen LogP contribution in [0, 0.1) is 0 Å². The molecule has 1 aromatic rings. The second kappa shape index (κ2) is 7.69. The van der Waals surface area contributed by atoms with Crippen molar-refractivity contribution in [3.63, 3.8) is 0 Å². The molecule has 0 bridgehead atoms. The fraction of sp³-hybridized carbons (Fsp3) is 0.571. The third-order valence-electron chi connectivity index (χ3n) is 3.29. The van der Waals surface area contributed by atoms with Gasteiger partial charge in [-0.05, 0) is 46.3 Å². The van der Waals surface area contributed by atoms with Gasteiger partial charge >= 0.3 is 5.97 Å². The molecule has 0 aliphatic carbocycles. The Morgan fingerprint density at radius 2 is 2.20 bits per heavy atom. The van der Waals surface area contributed by atoms with E-state index in [9.17, 15) is 4.79 Å². The number of unbranched alkanes of at least 4 members (excludes halogenated alkanes) is 1. The Morgan fingerprint density at radius 3 is 2.80 bits per heavy atom. The first kappa shape index (κ1) is 16.2. The molecule has 0 spiro atoms. The van der Waals surface area contributed by atoms with Crippen molar-refractivity contribution in [3.05, 3.63) is 17.8 Å². The van der Waals surface area contributed by atoms with E-state index in [0.29, 0.717) is 11.9 Å². The molecule has 0 aromatic carbocycles. The maximum atomic E-state index is 10.9. The molecule has 0 saturated heterocycles. The number of hydrogen-bond acceptors (Lipinski definition) is 5. The lowest BCUT2D eigenvalue weighted by Crippen LogP contribution is -2.27. The number of nitrogens with one attached hydrogen (secondary N) is 1. The molecule has 0 aliphatic rings. The van der Waals surface area contributed by atoms with Crippen LogP contribution in [-0.2, 0) is 0 Å². The van der Waals surface area contributed by atoms with Crippen molar-refractivity contribution in [1.29, 1.82) is 0 Å². The van der Waals surface area contributed by atoms with Gasteiger partial charge in [0.15, 0.2) is 0 Å². The molecule has 20 heavy (non-hydrogen) atoms. The number of carbonyl (C=O) groups is 1. The SMILES string of the molecule is CC(C)N(C)CCCCNc1cc(C(=O)O)c(N)cn1. The number of nitrogens with zero attached hydrogens (tertiary/aromatic N) is 2. The van der Waals surface area contributed by atoms with Crippen molar-refractivity contribution in [1.82, 2.24) is 9.88 Å². The number of hydrogen-bond donors (Lipinski definition) is 3. The molecule has 112 valence electrons. The zero-order valence-corrected chi connectivity index (χ0v) is 12.4. The Labute approximate surface area is 120 Å². The summed E-state index contributed by atoms with van der Waals surface area (Å²) in [7, 11) is 2.11. The van der Waals surface area contributed by atoms with Gasteiger partial charge in [0, 0.05) is 12.6 Å². The van der Waals surface area contributed by atoms with Crippen LogP contribution in [0.15, 0.2) is 12.3 Å². The fourth-order valence-corrected chi connectivity index (χ4v) is 1.71. The molecule has 1 aromatic heterocycles. The number of nitrogen functional groups attached to an aromatic ring is 1. The predicted molar refractivity (Wildman–Crippen MR) is 81.1 cm³/mol. The van der Waals surface area contributed by atoms with Gasteiger partial charge in [-0.25, -0.2) is 9.78 Å². The minimum absolute atomic E-state index is 0.0852. The van der Waals surface area contributed by atoms with E-state index >= 15 is 0 Å². The molecule has 0 unspecified atom stereocenters. The van der Waals surface area contributed by atoms with Crippen LogP contribution in [0.1, 0.15) is 37.0 Å². The molecule has 4 N–H and O–H groups in total. The number of carboxylic acids is 1. The summed E-state index contributed by atoms with van der Waals surface area (Å²) in [5.41, 5.74) is 5.82. The Balaban J connectivity index is 2.36. The molecule has 0 atom stereocenters. The molecular weight excluding hydrogens is 256 g/mol. The second-order valence-corrected chi connectivity index (χ2v) is 5.17. The summed E-state index contributed by atoms with van der Waals surface area (Å²) in [6.45, 7) is 6.16. The molecule has 0 fully saturated rings. The summed E-state index contributed by atoms with van der Waals surface area (Å²) < 4.78 is 0. The number of anilines is 2. The maximum absolute atomic E-state index is 10.9. The molecule has 0 aliphatic heterocycles. The Bertz CT molecular complexity index is 449. The quantitative estimate of drug-likeness (QED) is 0.630. The zero-order chi connectivity index (χ0) is 15.1. The van der Waals surface area contributed by atoms with Crippen molar-refractivity contribution in [2.45, 2.75) is 32.7 Å². The van der Waals surface area contributed by atoms with Crippen LogP contribution in [-0.4, -0.2) is 47.1 Å². The normalized spacial score (nSPS) is 11.1. The average molecular weight is 280 g/mol. The first-order valence-corrected chi connectivity index (χ1v) is 6.84. The number of aromatic nitrogens is 1. The van der Waals surface area contributed by atoms with Crippen molar-refractivity contribution in [2.75, 3.05) is 31.2 Å². The summed E-state index contributed by atoms with van der Waals surface area (Å²) in [6, 6.07) is 2.03. The monoisotopic (exact) mass is 280 g/mol. The summed E-state index contributed by atoms with van der Waals surface area (Å²) in [5.74, 6) is -0.486. The number of carboxylic acid groups (broad SMARTS) is 1. The van der Waals surface area contributed by atoms with Crippen molar-refractivity contribution in [2.24, 2.45) is 0 Å². The van der Waals surface area contributed by atoms with Crippen LogP contribution in [0.5, 0.6) is 0 Å². The highest BCUT2D eigenvalue weighted by Crippen LogP contribution is 2.14. The third-order valence-corrected chi connectivity index (χ3v) is 3.29. The highest BCUT2D eigenvalue weighted by molar-refractivity contribution is 5.94. The van der Waals surface area contributed by atoms with Crippen molar-refractivity contribution >= 4 is 17.5 Å². The fourth-order valence-electron chi connectivity index (χ4n) is 1.71. The van der Waals surface area contributed by atoms with Gasteiger partial charge in [-0.1, -0.05) is 0 Å². The number of rotatable bonds is 8. The standard InChI is InChI=1S/C14H24N4O2/c1-10(2)18(3)7-5-4-6-16-13-8-11(14(19)20)12(15)9-17-13/h8-10H,4-7,15H2,1-3H3,(H,16,17)(H,19,20). The largest absolute Gasteiger partial charge is 0.478 e.